The fourth-order valence-electron chi connectivity index (χ4n) is 2.74. The molecule has 0 fully saturated rings. The Morgan fingerprint density at radius 2 is 1.68 bits per heavy atom. The number of halogens is 2. The van der Waals surface area contributed by atoms with Crippen molar-refractivity contribution in [2.45, 2.75) is 25.9 Å². The molecule has 0 saturated carbocycles. The first-order valence-electron chi connectivity index (χ1n) is 8.60. The number of hydrogen-bond donors (Lipinski definition) is 2. The maximum atomic E-state index is 13.4. The van der Waals surface area contributed by atoms with Gasteiger partial charge in [-0.3, -0.25) is 4.57 Å². The van der Waals surface area contributed by atoms with Crippen LogP contribution in [0.5, 0.6) is 17.2 Å². The second-order valence-corrected chi connectivity index (χ2v) is 7.96. The Balaban J connectivity index is 1.96. The zero-order valence-corrected chi connectivity index (χ0v) is 16.1. The standard InChI is InChI=1S/C18H20F2NO6P/c1-3-24-28(23,25-4-2)17(12-5-8-14(22)9-6-12)21-13-7-10-15-16(11-13)27-18(19,20)26-15/h5-11,17,21-22H,3-4H2,1-2H3. The van der Waals surface area contributed by atoms with Crippen LogP contribution in [-0.2, 0) is 13.6 Å². The molecule has 7 nitrogen and oxygen atoms in total. The number of hydrogen-bond acceptors (Lipinski definition) is 7. The van der Waals surface area contributed by atoms with E-state index in [0.717, 1.165) is 0 Å². The Morgan fingerprint density at radius 3 is 2.29 bits per heavy atom. The van der Waals surface area contributed by atoms with E-state index in [0.29, 0.717) is 11.3 Å². The fraction of sp³-hybridized carbons (Fsp3) is 0.333. The van der Waals surface area contributed by atoms with Gasteiger partial charge in [0.1, 0.15) is 5.75 Å². The molecule has 10 heteroatoms. The van der Waals surface area contributed by atoms with Crippen LogP contribution in [0.4, 0.5) is 14.5 Å². The maximum Gasteiger partial charge on any atom is 0.586 e. The molecule has 152 valence electrons. The average molecular weight is 415 g/mol. The maximum absolute atomic E-state index is 13.4. The van der Waals surface area contributed by atoms with Gasteiger partial charge >= 0.3 is 13.9 Å². The van der Waals surface area contributed by atoms with Crippen LogP contribution >= 0.6 is 7.60 Å². The summed E-state index contributed by atoms with van der Waals surface area (Å²) in [7, 11) is -3.69. The van der Waals surface area contributed by atoms with E-state index in [4.69, 9.17) is 9.05 Å². The van der Waals surface area contributed by atoms with Gasteiger partial charge in [0, 0.05) is 11.8 Å². The third kappa shape index (κ3) is 4.38. The number of fused-ring (bicyclic) bond motifs is 1. The summed E-state index contributed by atoms with van der Waals surface area (Å²) in [6, 6.07) is 10.1. The van der Waals surface area contributed by atoms with Crippen LogP contribution in [-0.4, -0.2) is 24.6 Å². The predicted molar refractivity (Wildman–Crippen MR) is 98.0 cm³/mol. The molecule has 0 radical (unpaired) electrons. The number of aromatic hydroxyl groups is 1. The molecule has 0 amide bonds. The van der Waals surface area contributed by atoms with Crippen LogP contribution < -0.4 is 14.8 Å². The van der Waals surface area contributed by atoms with Gasteiger partial charge in [-0.2, -0.15) is 0 Å². The van der Waals surface area contributed by atoms with Gasteiger partial charge in [0.15, 0.2) is 17.3 Å². The minimum atomic E-state index is -3.73. The minimum Gasteiger partial charge on any atom is -0.508 e. The zero-order valence-electron chi connectivity index (χ0n) is 15.2. The van der Waals surface area contributed by atoms with Crippen molar-refractivity contribution in [1.82, 2.24) is 0 Å². The fourth-order valence-corrected chi connectivity index (χ4v) is 4.68. The minimum absolute atomic E-state index is 0.0375. The van der Waals surface area contributed by atoms with Crippen molar-refractivity contribution in [3.63, 3.8) is 0 Å². The lowest BCUT2D eigenvalue weighted by Crippen LogP contribution is -2.25. The molecule has 0 bridgehead atoms. The summed E-state index contributed by atoms with van der Waals surface area (Å²) in [5.41, 5.74) is 0.865. The molecule has 1 aliphatic rings. The summed E-state index contributed by atoms with van der Waals surface area (Å²) in [6.45, 7) is 3.65. The van der Waals surface area contributed by atoms with Gasteiger partial charge in [-0.25, -0.2) is 0 Å². The Kier molecular flexibility index (Phi) is 5.79. The van der Waals surface area contributed by atoms with Gasteiger partial charge in [0.05, 0.1) is 13.2 Å². The first kappa shape index (κ1) is 20.4. The number of benzene rings is 2. The van der Waals surface area contributed by atoms with Crippen LogP contribution in [0.3, 0.4) is 0 Å². The molecule has 1 heterocycles. The molecule has 2 aromatic carbocycles. The first-order chi connectivity index (χ1) is 13.3. The SMILES string of the molecule is CCOP(=O)(OCC)C(Nc1ccc2c(c1)OC(F)(F)O2)c1ccc(O)cc1. The number of ether oxygens (including phenoxy) is 2. The van der Waals surface area contributed by atoms with Crippen molar-refractivity contribution in [3.8, 4) is 17.2 Å². The highest BCUT2D eigenvalue weighted by Gasteiger charge is 2.44. The van der Waals surface area contributed by atoms with Gasteiger partial charge in [-0.1, -0.05) is 12.1 Å². The molecule has 0 saturated heterocycles. The molecule has 1 unspecified atom stereocenters. The molecule has 1 aliphatic heterocycles. The lowest BCUT2D eigenvalue weighted by Gasteiger charge is -2.28. The summed E-state index contributed by atoms with van der Waals surface area (Å²) in [6.07, 6.45) is -3.73. The highest BCUT2D eigenvalue weighted by molar-refractivity contribution is 7.54. The quantitative estimate of drug-likeness (QED) is 0.581. The van der Waals surface area contributed by atoms with Gasteiger partial charge in [0.25, 0.3) is 0 Å². The summed E-state index contributed by atoms with van der Waals surface area (Å²) in [5, 5.41) is 12.5. The van der Waals surface area contributed by atoms with Gasteiger partial charge in [-0.15, -0.1) is 8.78 Å². The number of alkyl halides is 2. The van der Waals surface area contributed by atoms with Crippen molar-refractivity contribution in [3.05, 3.63) is 48.0 Å². The summed E-state index contributed by atoms with van der Waals surface area (Å²) >= 11 is 0. The third-order valence-electron chi connectivity index (χ3n) is 3.85. The van der Waals surface area contributed by atoms with E-state index in [9.17, 15) is 18.5 Å². The molecule has 0 aromatic heterocycles. The van der Waals surface area contributed by atoms with Gasteiger partial charge in [-0.05, 0) is 43.7 Å². The molecular weight excluding hydrogens is 395 g/mol. The van der Waals surface area contributed by atoms with E-state index < -0.39 is 19.7 Å². The second-order valence-electron chi connectivity index (χ2n) is 5.84. The van der Waals surface area contributed by atoms with E-state index in [1.807, 2.05) is 0 Å². The number of rotatable bonds is 8. The smallest absolute Gasteiger partial charge is 0.508 e. The first-order valence-corrected chi connectivity index (χ1v) is 10.2. The molecule has 0 spiro atoms. The Bertz CT molecular complexity index is 867. The monoisotopic (exact) mass is 415 g/mol. The second kappa shape index (κ2) is 7.95. The molecule has 2 aromatic rings. The van der Waals surface area contributed by atoms with E-state index in [2.05, 4.69) is 14.8 Å². The predicted octanol–water partition coefficient (Wildman–Crippen LogP) is 5.09. The summed E-state index contributed by atoms with van der Waals surface area (Å²) in [5.74, 6) is -1.17. The average Bonchev–Trinajstić information content (AvgIpc) is 2.94. The number of phenolic OH excluding ortho intramolecular Hbond substituents is 1. The molecule has 0 aliphatic carbocycles. The topological polar surface area (TPSA) is 86.3 Å². The van der Waals surface area contributed by atoms with Crippen molar-refractivity contribution >= 4 is 13.3 Å². The van der Waals surface area contributed by atoms with Crippen molar-refractivity contribution in [2.24, 2.45) is 0 Å². The highest BCUT2D eigenvalue weighted by atomic mass is 31.2. The van der Waals surface area contributed by atoms with E-state index >= 15 is 0 Å². The van der Waals surface area contributed by atoms with Crippen LogP contribution in [0, 0.1) is 0 Å². The van der Waals surface area contributed by atoms with Crippen LogP contribution in [0.25, 0.3) is 0 Å². The van der Waals surface area contributed by atoms with E-state index in [-0.39, 0.29) is 30.5 Å². The van der Waals surface area contributed by atoms with Crippen LogP contribution in [0.2, 0.25) is 0 Å². The molecule has 3 rings (SSSR count). The summed E-state index contributed by atoms with van der Waals surface area (Å²) < 4.78 is 59.6. The largest absolute Gasteiger partial charge is 0.586 e. The van der Waals surface area contributed by atoms with Crippen LogP contribution in [0.15, 0.2) is 42.5 Å². The van der Waals surface area contributed by atoms with E-state index in [1.165, 1.54) is 30.3 Å². The third-order valence-corrected chi connectivity index (χ3v) is 6.14. The van der Waals surface area contributed by atoms with Crippen molar-refractivity contribution < 1.29 is 37.0 Å². The van der Waals surface area contributed by atoms with E-state index in [1.54, 1.807) is 26.0 Å². The van der Waals surface area contributed by atoms with Crippen molar-refractivity contribution in [2.75, 3.05) is 18.5 Å². The molecule has 28 heavy (non-hydrogen) atoms. The Morgan fingerprint density at radius 1 is 1.07 bits per heavy atom. The number of nitrogens with one attached hydrogen (secondary N) is 1. The Hall–Kier alpha value is -2.35. The van der Waals surface area contributed by atoms with Gasteiger partial charge in [0.2, 0.25) is 0 Å². The molecule has 2 N–H and O–H groups in total. The highest BCUT2D eigenvalue weighted by Crippen LogP contribution is 2.61. The lowest BCUT2D eigenvalue weighted by molar-refractivity contribution is -0.286. The Labute approximate surface area is 160 Å². The molecular formula is C18H20F2NO6P. The normalized spacial score (nSPS) is 16.0. The molecule has 1 atom stereocenters. The summed E-state index contributed by atoms with van der Waals surface area (Å²) in [4.78, 5) is 0. The zero-order chi connectivity index (χ0) is 20.4. The van der Waals surface area contributed by atoms with Crippen molar-refractivity contribution in [1.29, 1.82) is 0 Å². The van der Waals surface area contributed by atoms with Crippen LogP contribution in [0.1, 0.15) is 25.2 Å². The lowest BCUT2D eigenvalue weighted by atomic mass is 10.2. The number of phenols is 1. The van der Waals surface area contributed by atoms with Gasteiger partial charge < -0.3 is 28.9 Å². The number of anilines is 1.